The molecule has 0 aliphatic rings. The lowest BCUT2D eigenvalue weighted by Crippen LogP contribution is -2.30. The van der Waals surface area contributed by atoms with Crippen LogP contribution in [0.5, 0.6) is 5.75 Å². The fraction of sp³-hybridized carbons (Fsp3) is 0.263. The molecule has 0 bridgehead atoms. The molecule has 0 saturated carbocycles. The summed E-state index contributed by atoms with van der Waals surface area (Å²) in [6.07, 6.45) is -0.944. The van der Waals surface area contributed by atoms with Crippen LogP contribution in [0.1, 0.15) is 18.9 Å². The van der Waals surface area contributed by atoms with Crippen molar-refractivity contribution in [1.82, 2.24) is 0 Å². The number of hydrogen-bond donors (Lipinski definition) is 1. The van der Waals surface area contributed by atoms with Crippen LogP contribution in [0.4, 0.5) is 5.69 Å². The smallest absolute Gasteiger partial charge is 0.310 e. The zero-order valence-electron chi connectivity index (χ0n) is 14.4. The molecule has 26 heavy (non-hydrogen) atoms. The van der Waals surface area contributed by atoms with E-state index in [-0.39, 0.29) is 18.1 Å². The van der Waals surface area contributed by atoms with Crippen molar-refractivity contribution in [3.8, 4) is 5.75 Å². The van der Waals surface area contributed by atoms with E-state index in [9.17, 15) is 9.59 Å². The minimum Gasteiger partial charge on any atom is -0.493 e. The predicted octanol–water partition coefficient (Wildman–Crippen LogP) is 4.64. The first-order valence-electron chi connectivity index (χ1n) is 8.01. The molecule has 1 amide bonds. The Bertz CT molecular complexity index is 795. The number of para-hydroxylation sites is 1. The highest BCUT2D eigenvalue weighted by molar-refractivity contribution is 6.44. The molecule has 2 aromatic rings. The number of aryl methyl sites for hydroxylation is 1. The van der Waals surface area contributed by atoms with Crippen LogP contribution >= 0.6 is 23.2 Å². The van der Waals surface area contributed by atoms with Gasteiger partial charge < -0.3 is 14.8 Å². The zero-order valence-corrected chi connectivity index (χ0v) is 15.9. The van der Waals surface area contributed by atoms with Gasteiger partial charge in [-0.15, -0.1) is 0 Å². The Morgan fingerprint density at radius 2 is 1.85 bits per heavy atom. The highest BCUT2D eigenvalue weighted by atomic mass is 35.5. The summed E-state index contributed by atoms with van der Waals surface area (Å²) < 4.78 is 10.7. The van der Waals surface area contributed by atoms with E-state index >= 15 is 0 Å². The van der Waals surface area contributed by atoms with Crippen LogP contribution in [0.3, 0.4) is 0 Å². The first kappa shape index (κ1) is 20.1. The number of anilines is 1. The van der Waals surface area contributed by atoms with Crippen molar-refractivity contribution in [2.24, 2.45) is 0 Å². The molecule has 1 unspecified atom stereocenters. The van der Waals surface area contributed by atoms with Gasteiger partial charge in [0.25, 0.3) is 5.91 Å². The topological polar surface area (TPSA) is 64.6 Å². The van der Waals surface area contributed by atoms with E-state index in [2.05, 4.69) is 5.32 Å². The average Bonchev–Trinajstić information content (AvgIpc) is 2.60. The Kier molecular flexibility index (Phi) is 7.30. The fourth-order valence-corrected chi connectivity index (χ4v) is 2.45. The monoisotopic (exact) mass is 395 g/mol. The molecular formula is C19H19Cl2NO4. The van der Waals surface area contributed by atoms with Crippen LogP contribution in [0.25, 0.3) is 0 Å². The fourth-order valence-electron chi connectivity index (χ4n) is 2.11. The van der Waals surface area contributed by atoms with Gasteiger partial charge in [0.15, 0.2) is 6.10 Å². The average molecular weight is 396 g/mol. The Labute approximate surface area is 162 Å². The number of carbonyl (C=O) groups is 2. The molecule has 1 N–H and O–H groups in total. The van der Waals surface area contributed by atoms with Crippen LogP contribution in [0.2, 0.25) is 10.0 Å². The number of benzene rings is 2. The van der Waals surface area contributed by atoms with Gasteiger partial charge in [-0.1, -0.05) is 47.5 Å². The molecule has 0 heterocycles. The standard InChI is InChI=1S/C19H19Cl2NO4/c1-12-6-3-4-9-16(12)25-11-10-17(23)26-13(2)19(24)22-15-8-5-7-14(20)18(15)21/h3-9,13H,10-11H2,1-2H3,(H,22,24). The highest BCUT2D eigenvalue weighted by Crippen LogP contribution is 2.29. The molecule has 1 atom stereocenters. The Balaban J connectivity index is 1.80. The van der Waals surface area contributed by atoms with E-state index in [0.717, 1.165) is 5.56 Å². The lowest BCUT2D eigenvalue weighted by atomic mass is 10.2. The van der Waals surface area contributed by atoms with Crippen LogP contribution in [0, 0.1) is 6.92 Å². The molecule has 0 spiro atoms. The normalized spacial score (nSPS) is 11.5. The molecule has 138 valence electrons. The minimum atomic E-state index is -0.976. The number of carbonyl (C=O) groups excluding carboxylic acids is 2. The van der Waals surface area contributed by atoms with Crippen molar-refractivity contribution >= 4 is 40.8 Å². The number of esters is 1. The maximum absolute atomic E-state index is 12.1. The van der Waals surface area contributed by atoms with Crippen LogP contribution in [-0.4, -0.2) is 24.6 Å². The maximum atomic E-state index is 12.1. The van der Waals surface area contributed by atoms with E-state index in [4.69, 9.17) is 32.7 Å². The van der Waals surface area contributed by atoms with Gasteiger partial charge in [-0.2, -0.15) is 0 Å². The van der Waals surface area contributed by atoms with Crippen molar-refractivity contribution in [3.63, 3.8) is 0 Å². The molecule has 0 aliphatic heterocycles. The van der Waals surface area contributed by atoms with Gasteiger partial charge in [-0.25, -0.2) is 0 Å². The first-order chi connectivity index (χ1) is 12.4. The van der Waals surface area contributed by atoms with Crippen LogP contribution in [0.15, 0.2) is 42.5 Å². The first-order valence-corrected chi connectivity index (χ1v) is 8.77. The predicted molar refractivity (Wildman–Crippen MR) is 102 cm³/mol. The van der Waals surface area contributed by atoms with E-state index in [1.54, 1.807) is 18.2 Å². The van der Waals surface area contributed by atoms with E-state index in [1.165, 1.54) is 6.92 Å². The van der Waals surface area contributed by atoms with Gasteiger partial charge in [0.1, 0.15) is 5.75 Å². The van der Waals surface area contributed by atoms with E-state index < -0.39 is 18.0 Å². The molecule has 5 nitrogen and oxygen atoms in total. The van der Waals surface area contributed by atoms with Crippen LogP contribution in [-0.2, 0) is 14.3 Å². The van der Waals surface area contributed by atoms with Gasteiger partial charge >= 0.3 is 5.97 Å². The van der Waals surface area contributed by atoms with Gasteiger partial charge in [0, 0.05) is 0 Å². The molecule has 2 aromatic carbocycles. The lowest BCUT2D eigenvalue weighted by molar-refractivity contribution is -0.153. The Morgan fingerprint density at radius 3 is 2.58 bits per heavy atom. The summed E-state index contributed by atoms with van der Waals surface area (Å²) in [7, 11) is 0. The molecule has 0 aromatic heterocycles. The molecule has 0 saturated heterocycles. The number of nitrogens with one attached hydrogen (secondary N) is 1. The number of ether oxygens (including phenoxy) is 2. The van der Waals surface area contributed by atoms with Gasteiger partial charge in [0.05, 0.1) is 28.8 Å². The second kappa shape index (κ2) is 9.46. The molecule has 2 rings (SSSR count). The Morgan fingerprint density at radius 1 is 1.12 bits per heavy atom. The maximum Gasteiger partial charge on any atom is 0.310 e. The lowest BCUT2D eigenvalue weighted by Gasteiger charge is -2.15. The summed E-state index contributed by atoms with van der Waals surface area (Å²) in [5, 5.41) is 3.13. The summed E-state index contributed by atoms with van der Waals surface area (Å²) in [6, 6.07) is 12.4. The number of halogens is 2. The number of hydrogen-bond acceptors (Lipinski definition) is 4. The van der Waals surface area contributed by atoms with Crippen molar-refractivity contribution < 1.29 is 19.1 Å². The van der Waals surface area contributed by atoms with E-state index in [1.807, 2.05) is 31.2 Å². The van der Waals surface area contributed by atoms with Crippen molar-refractivity contribution in [2.45, 2.75) is 26.4 Å². The Hall–Kier alpha value is -2.24. The van der Waals surface area contributed by atoms with Gasteiger partial charge in [-0.3, -0.25) is 9.59 Å². The van der Waals surface area contributed by atoms with Crippen molar-refractivity contribution in [1.29, 1.82) is 0 Å². The second-order valence-corrected chi connectivity index (χ2v) is 6.37. The zero-order chi connectivity index (χ0) is 19.1. The SMILES string of the molecule is Cc1ccccc1OCCC(=O)OC(C)C(=O)Nc1cccc(Cl)c1Cl. The quantitative estimate of drug-likeness (QED) is 0.693. The third-order valence-electron chi connectivity index (χ3n) is 3.54. The highest BCUT2D eigenvalue weighted by Gasteiger charge is 2.19. The van der Waals surface area contributed by atoms with Crippen molar-refractivity contribution in [2.75, 3.05) is 11.9 Å². The minimum absolute atomic E-state index is 0.0316. The molecular weight excluding hydrogens is 377 g/mol. The van der Waals surface area contributed by atoms with Crippen molar-refractivity contribution in [3.05, 3.63) is 58.1 Å². The molecule has 0 fully saturated rings. The summed E-state index contributed by atoms with van der Waals surface area (Å²) >= 11 is 11.9. The number of amides is 1. The molecule has 7 heteroatoms. The summed E-state index contributed by atoms with van der Waals surface area (Å²) in [5.74, 6) is -0.317. The summed E-state index contributed by atoms with van der Waals surface area (Å²) in [5.41, 5.74) is 1.34. The summed E-state index contributed by atoms with van der Waals surface area (Å²) in [4.78, 5) is 24.0. The third kappa shape index (κ3) is 5.64. The largest absolute Gasteiger partial charge is 0.493 e. The molecule has 0 aliphatic carbocycles. The molecule has 0 radical (unpaired) electrons. The van der Waals surface area contributed by atoms with Gasteiger partial charge in [0.2, 0.25) is 0 Å². The summed E-state index contributed by atoms with van der Waals surface area (Å²) in [6.45, 7) is 3.56. The van der Waals surface area contributed by atoms with Gasteiger partial charge in [-0.05, 0) is 37.6 Å². The van der Waals surface area contributed by atoms with Crippen LogP contribution < -0.4 is 10.1 Å². The second-order valence-electron chi connectivity index (χ2n) is 5.59. The number of rotatable bonds is 7. The van der Waals surface area contributed by atoms with E-state index in [0.29, 0.717) is 16.5 Å². The third-order valence-corrected chi connectivity index (χ3v) is 4.36.